The summed E-state index contributed by atoms with van der Waals surface area (Å²) in [5.74, 6) is 0.298. The average molecular weight is 322 g/mol. The Hall–Kier alpha value is -1.06. The molecule has 0 radical (unpaired) electrons. The van der Waals surface area contributed by atoms with Gasteiger partial charge in [-0.25, -0.2) is 0 Å². The fourth-order valence-corrected chi connectivity index (χ4v) is 3.54. The quantitative estimate of drug-likeness (QED) is 0.760. The molecule has 0 spiro atoms. The monoisotopic (exact) mass is 321 g/mol. The maximum atomic E-state index is 9.86. The molecule has 0 aromatic heterocycles. The lowest BCUT2D eigenvalue weighted by Gasteiger charge is -2.34. The zero-order valence-corrected chi connectivity index (χ0v) is 13.3. The molecule has 2 nitrogen and oxygen atoms in total. The molecule has 1 aliphatic carbocycles. The van der Waals surface area contributed by atoms with E-state index in [1.807, 2.05) is 30.3 Å². The number of benzene rings is 2. The van der Waals surface area contributed by atoms with E-state index < -0.39 is 0 Å². The Balaban J connectivity index is 2.05. The molecule has 0 unspecified atom stereocenters. The molecule has 4 heteroatoms. The van der Waals surface area contributed by atoms with Crippen LogP contribution in [-0.2, 0) is 0 Å². The van der Waals surface area contributed by atoms with Crippen LogP contribution >= 0.6 is 23.2 Å². The fraction of sp³-hybridized carbons (Fsp3) is 0.294. The molecule has 0 bridgehead atoms. The standard InChI is InChI=1S/C17H17Cl2NO/c1-20(21)17-9-7-12(13-4-2-3-5-14(13)17)11-6-8-15(18)16(19)10-11/h2-6,8,10,12,17,21H,7,9H2,1H3/t12-,17-/m0/s1. The van der Waals surface area contributed by atoms with Crippen LogP contribution in [0.1, 0.15) is 41.5 Å². The van der Waals surface area contributed by atoms with Crippen molar-refractivity contribution >= 4 is 23.2 Å². The number of fused-ring (bicyclic) bond motifs is 1. The van der Waals surface area contributed by atoms with Crippen molar-refractivity contribution in [3.63, 3.8) is 0 Å². The first-order valence-corrected chi connectivity index (χ1v) is 7.79. The molecule has 0 saturated carbocycles. The molecule has 1 N–H and O–H groups in total. The second kappa shape index (κ2) is 5.98. The van der Waals surface area contributed by atoms with E-state index in [0.717, 1.165) is 12.8 Å². The van der Waals surface area contributed by atoms with E-state index >= 15 is 0 Å². The largest absolute Gasteiger partial charge is 0.314 e. The van der Waals surface area contributed by atoms with Gasteiger partial charge in [0.15, 0.2) is 0 Å². The summed E-state index contributed by atoms with van der Waals surface area (Å²) in [6, 6.07) is 14.2. The number of hydrogen-bond acceptors (Lipinski definition) is 2. The lowest BCUT2D eigenvalue weighted by Crippen LogP contribution is -2.26. The van der Waals surface area contributed by atoms with Crippen LogP contribution in [0.4, 0.5) is 0 Å². The molecule has 0 aliphatic heterocycles. The van der Waals surface area contributed by atoms with E-state index in [0.29, 0.717) is 16.0 Å². The van der Waals surface area contributed by atoms with E-state index in [-0.39, 0.29) is 6.04 Å². The molecule has 0 heterocycles. The third-order valence-corrected chi connectivity index (χ3v) is 5.00. The van der Waals surface area contributed by atoms with Crippen molar-refractivity contribution in [2.45, 2.75) is 24.8 Å². The van der Waals surface area contributed by atoms with Gasteiger partial charge < -0.3 is 5.21 Å². The highest BCUT2D eigenvalue weighted by atomic mass is 35.5. The molecule has 3 rings (SSSR count). The second-order valence-electron chi connectivity index (χ2n) is 5.52. The zero-order valence-electron chi connectivity index (χ0n) is 11.8. The topological polar surface area (TPSA) is 23.5 Å². The van der Waals surface area contributed by atoms with Crippen LogP contribution in [0.3, 0.4) is 0 Å². The number of hydrogen-bond donors (Lipinski definition) is 1. The zero-order chi connectivity index (χ0) is 15.0. The van der Waals surface area contributed by atoms with E-state index in [9.17, 15) is 5.21 Å². The van der Waals surface area contributed by atoms with Crippen LogP contribution < -0.4 is 0 Å². The van der Waals surface area contributed by atoms with Gasteiger partial charge in [-0.1, -0.05) is 53.5 Å². The van der Waals surface area contributed by atoms with Gasteiger partial charge in [0.2, 0.25) is 0 Å². The number of nitrogens with zero attached hydrogens (tertiary/aromatic N) is 1. The number of rotatable bonds is 2. The summed E-state index contributed by atoms with van der Waals surface area (Å²) in [5, 5.41) is 12.3. The minimum absolute atomic E-state index is 0.0558. The lowest BCUT2D eigenvalue weighted by atomic mass is 9.77. The Morgan fingerprint density at radius 2 is 1.71 bits per heavy atom. The summed E-state index contributed by atoms with van der Waals surface area (Å²) in [6.45, 7) is 0. The molecule has 0 saturated heterocycles. The first-order valence-electron chi connectivity index (χ1n) is 7.03. The fourth-order valence-electron chi connectivity index (χ4n) is 3.23. The molecule has 1 aliphatic rings. The van der Waals surface area contributed by atoms with Crippen LogP contribution in [0.2, 0.25) is 10.0 Å². The first kappa shape index (κ1) is 14.9. The molecule has 2 atom stereocenters. The summed E-state index contributed by atoms with van der Waals surface area (Å²) in [6.07, 6.45) is 1.89. The van der Waals surface area contributed by atoms with Crippen molar-refractivity contribution in [1.82, 2.24) is 5.06 Å². The van der Waals surface area contributed by atoms with Crippen LogP contribution in [0.15, 0.2) is 42.5 Å². The molecule has 110 valence electrons. The predicted molar refractivity (Wildman–Crippen MR) is 86.3 cm³/mol. The molecule has 2 aromatic rings. The SMILES string of the molecule is CN(O)[C@H]1CC[C@@H](c2ccc(Cl)c(Cl)c2)c2ccccc21. The summed E-state index contributed by atoms with van der Waals surface area (Å²) >= 11 is 12.2. The highest BCUT2D eigenvalue weighted by molar-refractivity contribution is 6.42. The normalized spacial score (nSPS) is 21.4. The van der Waals surface area contributed by atoms with Gasteiger partial charge in [0, 0.05) is 13.0 Å². The Kier molecular flexibility index (Phi) is 4.23. The smallest absolute Gasteiger partial charge is 0.0599 e. The first-order chi connectivity index (χ1) is 10.1. The van der Waals surface area contributed by atoms with Gasteiger partial charge in [-0.3, -0.25) is 0 Å². The molecule has 0 amide bonds. The minimum Gasteiger partial charge on any atom is -0.314 e. The maximum Gasteiger partial charge on any atom is 0.0599 e. The van der Waals surface area contributed by atoms with Gasteiger partial charge in [-0.2, -0.15) is 5.06 Å². The van der Waals surface area contributed by atoms with Crippen molar-refractivity contribution in [3.8, 4) is 0 Å². The second-order valence-corrected chi connectivity index (χ2v) is 6.34. The summed E-state index contributed by atoms with van der Waals surface area (Å²) < 4.78 is 0. The van der Waals surface area contributed by atoms with Gasteiger partial charge in [-0.05, 0) is 41.7 Å². The molecule has 21 heavy (non-hydrogen) atoms. The van der Waals surface area contributed by atoms with Gasteiger partial charge in [-0.15, -0.1) is 0 Å². The Labute approximate surface area is 134 Å². The molecule has 2 aromatic carbocycles. The van der Waals surface area contributed by atoms with Gasteiger partial charge in [0.1, 0.15) is 0 Å². The highest BCUT2D eigenvalue weighted by Crippen LogP contribution is 2.43. The minimum atomic E-state index is 0.0558. The lowest BCUT2D eigenvalue weighted by molar-refractivity contribution is -0.109. The maximum absolute atomic E-state index is 9.86. The van der Waals surface area contributed by atoms with Crippen molar-refractivity contribution in [2.24, 2.45) is 0 Å². The third kappa shape index (κ3) is 2.82. The van der Waals surface area contributed by atoms with E-state index in [1.54, 1.807) is 7.05 Å². The Bertz CT molecular complexity index is 657. The highest BCUT2D eigenvalue weighted by Gasteiger charge is 2.29. The van der Waals surface area contributed by atoms with Crippen molar-refractivity contribution in [2.75, 3.05) is 7.05 Å². The van der Waals surface area contributed by atoms with Crippen LogP contribution in [0.5, 0.6) is 0 Å². The summed E-state index contributed by atoms with van der Waals surface area (Å²) in [4.78, 5) is 0. The van der Waals surface area contributed by atoms with Gasteiger partial charge in [0.25, 0.3) is 0 Å². The number of hydroxylamine groups is 2. The predicted octanol–water partition coefficient (Wildman–Crippen LogP) is 5.28. The van der Waals surface area contributed by atoms with E-state index in [4.69, 9.17) is 23.2 Å². The van der Waals surface area contributed by atoms with E-state index in [2.05, 4.69) is 12.1 Å². The van der Waals surface area contributed by atoms with Crippen LogP contribution in [-0.4, -0.2) is 17.3 Å². The molecular weight excluding hydrogens is 305 g/mol. The van der Waals surface area contributed by atoms with Gasteiger partial charge in [0.05, 0.1) is 16.1 Å². The molecule has 0 fully saturated rings. The Morgan fingerprint density at radius 3 is 2.38 bits per heavy atom. The third-order valence-electron chi connectivity index (χ3n) is 4.26. The average Bonchev–Trinajstić information content (AvgIpc) is 2.49. The van der Waals surface area contributed by atoms with Crippen LogP contribution in [0, 0.1) is 0 Å². The van der Waals surface area contributed by atoms with Gasteiger partial charge >= 0.3 is 0 Å². The summed E-state index contributed by atoms with van der Waals surface area (Å²) in [7, 11) is 1.71. The summed E-state index contributed by atoms with van der Waals surface area (Å²) in [5.41, 5.74) is 3.62. The van der Waals surface area contributed by atoms with Crippen LogP contribution in [0.25, 0.3) is 0 Å². The van der Waals surface area contributed by atoms with E-state index in [1.165, 1.54) is 21.8 Å². The van der Waals surface area contributed by atoms with Crippen molar-refractivity contribution < 1.29 is 5.21 Å². The van der Waals surface area contributed by atoms with Crippen molar-refractivity contribution in [3.05, 3.63) is 69.2 Å². The molecular formula is C17H17Cl2NO. The van der Waals surface area contributed by atoms with Crippen molar-refractivity contribution in [1.29, 1.82) is 0 Å². The number of halogens is 2. The Morgan fingerprint density at radius 1 is 1.00 bits per heavy atom.